The monoisotopic (exact) mass is 492 g/mol. The summed E-state index contributed by atoms with van der Waals surface area (Å²) in [5, 5.41) is 11.4. The van der Waals surface area contributed by atoms with Crippen LogP contribution in [0.25, 0.3) is 0 Å². The van der Waals surface area contributed by atoms with Gasteiger partial charge in [0.2, 0.25) is 0 Å². The molecule has 1 N–H and O–H groups in total. The zero-order chi connectivity index (χ0) is 26.1. The quantitative estimate of drug-likeness (QED) is 0.411. The molecule has 0 heterocycles. The lowest BCUT2D eigenvalue weighted by atomic mass is 9.48. The van der Waals surface area contributed by atoms with Gasteiger partial charge >= 0.3 is 5.97 Å². The third kappa shape index (κ3) is 4.64. The first-order chi connectivity index (χ1) is 16.4. The number of carbonyl (C=O) groups excluding carboxylic acids is 2. The summed E-state index contributed by atoms with van der Waals surface area (Å²) >= 11 is 0. The Balaban J connectivity index is 2.03. The van der Waals surface area contributed by atoms with Crippen molar-refractivity contribution in [1.82, 2.24) is 0 Å². The summed E-state index contributed by atoms with van der Waals surface area (Å²) in [6, 6.07) is 0. The van der Waals surface area contributed by atoms with Gasteiger partial charge in [-0.2, -0.15) is 0 Å². The van der Waals surface area contributed by atoms with Crippen LogP contribution in [-0.4, -0.2) is 55.5 Å². The summed E-state index contributed by atoms with van der Waals surface area (Å²) in [5.41, 5.74) is -0.568. The standard InChI is InChI=1S/C29H48O6/c1-8-10-25(32)35-29(23(31)19-33-6)16-12-20(2)28(29,5)18-24(34-7)27(4)14-9-11-21-17-22(30)13-15-26(21,27)3/h17,20,23-24,31H,8-16,18-19H2,1-7H3. The van der Waals surface area contributed by atoms with Gasteiger partial charge in [-0.3, -0.25) is 9.59 Å². The number of carbonyl (C=O) groups is 2. The molecule has 3 rings (SSSR count). The molecule has 0 radical (unpaired) electrons. The first-order valence-electron chi connectivity index (χ1n) is 13.6. The number of aliphatic hydroxyl groups is 1. The van der Waals surface area contributed by atoms with Crippen LogP contribution in [0.4, 0.5) is 0 Å². The lowest BCUT2D eigenvalue weighted by molar-refractivity contribution is -0.215. The van der Waals surface area contributed by atoms with E-state index in [-0.39, 0.29) is 41.2 Å². The number of rotatable bonds is 10. The molecular weight excluding hydrogens is 444 g/mol. The summed E-state index contributed by atoms with van der Waals surface area (Å²) in [4.78, 5) is 25.1. The summed E-state index contributed by atoms with van der Waals surface area (Å²) < 4.78 is 18.0. The topological polar surface area (TPSA) is 82.1 Å². The molecule has 200 valence electrons. The Bertz CT molecular complexity index is 822. The van der Waals surface area contributed by atoms with Crippen molar-refractivity contribution in [2.24, 2.45) is 22.2 Å². The normalized spacial score (nSPS) is 39.0. The van der Waals surface area contributed by atoms with Gasteiger partial charge in [0.1, 0.15) is 11.7 Å². The van der Waals surface area contributed by atoms with Crippen LogP contribution >= 0.6 is 0 Å². The van der Waals surface area contributed by atoms with Crippen molar-refractivity contribution in [3.63, 3.8) is 0 Å². The lowest BCUT2D eigenvalue weighted by Crippen LogP contribution is -2.60. The molecule has 3 aliphatic carbocycles. The van der Waals surface area contributed by atoms with Crippen LogP contribution in [0.5, 0.6) is 0 Å². The summed E-state index contributed by atoms with van der Waals surface area (Å²) in [6.45, 7) is 11.1. The Morgan fingerprint density at radius 2 is 1.89 bits per heavy atom. The first kappa shape index (κ1) is 28.3. The molecule has 0 aromatic heterocycles. The Hall–Kier alpha value is -1.24. The maximum absolute atomic E-state index is 12.9. The highest BCUT2D eigenvalue weighted by atomic mass is 16.6. The van der Waals surface area contributed by atoms with Crippen LogP contribution in [0.15, 0.2) is 11.6 Å². The number of methoxy groups -OCH3 is 2. The first-order valence-corrected chi connectivity index (χ1v) is 13.6. The molecule has 0 aliphatic heterocycles. The molecule has 7 atom stereocenters. The maximum Gasteiger partial charge on any atom is 0.306 e. The third-order valence-electron chi connectivity index (χ3n) is 10.5. The van der Waals surface area contributed by atoms with Crippen LogP contribution in [0.2, 0.25) is 0 Å². The van der Waals surface area contributed by atoms with Crippen LogP contribution < -0.4 is 0 Å². The number of hydrogen-bond acceptors (Lipinski definition) is 6. The molecule has 7 unspecified atom stereocenters. The van der Waals surface area contributed by atoms with Gasteiger partial charge in [-0.1, -0.05) is 40.2 Å². The Morgan fingerprint density at radius 3 is 2.51 bits per heavy atom. The zero-order valence-electron chi connectivity index (χ0n) is 23.1. The second kappa shape index (κ2) is 10.6. The van der Waals surface area contributed by atoms with Crippen molar-refractivity contribution in [2.75, 3.05) is 20.8 Å². The molecule has 6 heteroatoms. The highest BCUT2D eigenvalue weighted by Gasteiger charge is 2.65. The fourth-order valence-corrected chi connectivity index (χ4v) is 7.71. The molecular formula is C29H48O6. The van der Waals surface area contributed by atoms with Crippen molar-refractivity contribution in [3.05, 3.63) is 11.6 Å². The fourth-order valence-electron chi connectivity index (χ4n) is 7.71. The molecule has 6 nitrogen and oxygen atoms in total. The number of hydrogen-bond donors (Lipinski definition) is 1. The fraction of sp³-hybridized carbons (Fsp3) is 0.862. The van der Waals surface area contributed by atoms with Crippen molar-refractivity contribution < 1.29 is 28.9 Å². The van der Waals surface area contributed by atoms with E-state index in [1.165, 1.54) is 5.57 Å². The van der Waals surface area contributed by atoms with E-state index in [9.17, 15) is 14.7 Å². The van der Waals surface area contributed by atoms with Gasteiger partial charge in [0.25, 0.3) is 0 Å². The predicted molar refractivity (Wildman–Crippen MR) is 136 cm³/mol. The number of ether oxygens (including phenoxy) is 3. The van der Waals surface area contributed by atoms with Gasteiger partial charge in [0, 0.05) is 37.9 Å². The van der Waals surface area contributed by atoms with E-state index in [1.807, 2.05) is 13.0 Å². The Kier molecular flexibility index (Phi) is 8.60. The smallest absolute Gasteiger partial charge is 0.306 e. The minimum atomic E-state index is -1.03. The van der Waals surface area contributed by atoms with Crippen molar-refractivity contribution >= 4 is 11.8 Å². The highest BCUT2D eigenvalue weighted by molar-refractivity contribution is 5.91. The predicted octanol–water partition coefficient (Wildman–Crippen LogP) is 5.40. The van der Waals surface area contributed by atoms with Crippen LogP contribution in [0, 0.1) is 22.2 Å². The van der Waals surface area contributed by atoms with Gasteiger partial charge < -0.3 is 19.3 Å². The number of fused-ring (bicyclic) bond motifs is 1. The van der Waals surface area contributed by atoms with Gasteiger partial charge in [-0.05, 0) is 68.8 Å². The maximum atomic E-state index is 12.9. The second-order valence-corrected chi connectivity index (χ2v) is 12.1. The van der Waals surface area contributed by atoms with Gasteiger partial charge in [0.15, 0.2) is 5.78 Å². The van der Waals surface area contributed by atoms with Crippen molar-refractivity contribution in [1.29, 1.82) is 0 Å². The number of aliphatic hydroxyl groups excluding tert-OH is 1. The Labute approximate surface area is 212 Å². The average Bonchev–Trinajstić information content (AvgIpc) is 3.05. The summed E-state index contributed by atoms with van der Waals surface area (Å²) in [6.07, 6.45) is 8.44. The minimum Gasteiger partial charge on any atom is -0.456 e. The molecule has 0 saturated heterocycles. The molecule has 2 saturated carbocycles. The lowest BCUT2D eigenvalue weighted by Gasteiger charge is -2.58. The molecule has 0 aromatic rings. The van der Waals surface area contributed by atoms with E-state index in [0.717, 1.165) is 32.1 Å². The average molecular weight is 493 g/mol. The van der Waals surface area contributed by atoms with Crippen LogP contribution in [0.3, 0.4) is 0 Å². The van der Waals surface area contributed by atoms with E-state index in [1.54, 1.807) is 14.2 Å². The van der Waals surface area contributed by atoms with Gasteiger partial charge in [-0.25, -0.2) is 0 Å². The van der Waals surface area contributed by atoms with Gasteiger partial charge in [-0.15, -0.1) is 0 Å². The second-order valence-electron chi connectivity index (χ2n) is 12.1. The third-order valence-corrected chi connectivity index (χ3v) is 10.5. The highest BCUT2D eigenvalue weighted by Crippen LogP contribution is 2.64. The van der Waals surface area contributed by atoms with Crippen LogP contribution in [-0.2, 0) is 23.8 Å². The molecule has 2 fully saturated rings. The number of ketones is 1. The SMILES string of the molecule is CCCC(=O)OC1(C(O)COC)CCC(C)C1(C)CC(OC)C1(C)CCCC2=CC(=O)CCC21C. The summed E-state index contributed by atoms with van der Waals surface area (Å²) in [5.74, 6) is 0.199. The minimum absolute atomic E-state index is 0.114. The Morgan fingerprint density at radius 1 is 1.17 bits per heavy atom. The van der Waals surface area contributed by atoms with Gasteiger partial charge in [0.05, 0.1) is 12.7 Å². The number of esters is 1. The summed E-state index contributed by atoms with van der Waals surface area (Å²) in [7, 11) is 3.35. The van der Waals surface area contributed by atoms with E-state index in [0.29, 0.717) is 32.1 Å². The van der Waals surface area contributed by atoms with Crippen molar-refractivity contribution in [3.8, 4) is 0 Å². The van der Waals surface area contributed by atoms with E-state index >= 15 is 0 Å². The van der Waals surface area contributed by atoms with Crippen LogP contribution in [0.1, 0.15) is 98.8 Å². The van der Waals surface area contributed by atoms with E-state index in [2.05, 4.69) is 27.7 Å². The molecule has 0 amide bonds. The largest absolute Gasteiger partial charge is 0.456 e. The van der Waals surface area contributed by atoms with Crippen molar-refractivity contribution in [2.45, 2.75) is 117 Å². The molecule has 3 aliphatic rings. The molecule has 35 heavy (non-hydrogen) atoms. The molecule has 0 bridgehead atoms. The number of allylic oxidation sites excluding steroid dienone is 2. The van der Waals surface area contributed by atoms with E-state index in [4.69, 9.17) is 14.2 Å². The zero-order valence-corrected chi connectivity index (χ0v) is 23.1. The van der Waals surface area contributed by atoms with E-state index < -0.39 is 17.1 Å². The molecule has 0 spiro atoms. The molecule has 0 aromatic carbocycles.